The zero-order chi connectivity index (χ0) is 11.3. The van der Waals surface area contributed by atoms with Crippen molar-refractivity contribution in [3.8, 4) is 5.75 Å². The third-order valence-electron chi connectivity index (χ3n) is 1.87. The molecule has 0 aliphatic rings. The van der Waals surface area contributed by atoms with Gasteiger partial charge in [0.15, 0.2) is 6.29 Å². The lowest BCUT2D eigenvalue weighted by molar-refractivity contribution is -0.137. The Balaban J connectivity index is 2.69. The van der Waals surface area contributed by atoms with Crippen LogP contribution in [0, 0.1) is 6.92 Å². The predicted octanol–water partition coefficient (Wildman–Crippen LogP) is 1.66. The van der Waals surface area contributed by atoms with E-state index < -0.39 is 5.97 Å². The molecule has 1 N–H and O–H groups in total. The van der Waals surface area contributed by atoms with Crippen molar-refractivity contribution in [1.29, 1.82) is 0 Å². The number of hydrogen-bond acceptors (Lipinski definition) is 3. The van der Waals surface area contributed by atoms with Crippen molar-refractivity contribution in [2.24, 2.45) is 0 Å². The van der Waals surface area contributed by atoms with E-state index in [0.29, 0.717) is 17.6 Å². The zero-order valence-corrected chi connectivity index (χ0v) is 8.40. The molecule has 1 aromatic carbocycles. The summed E-state index contributed by atoms with van der Waals surface area (Å²) in [6.45, 7) is 1.94. The number of rotatable bonds is 5. The first kappa shape index (κ1) is 11.2. The molecule has 0 saturated heterocycles. The minimum absolute atomic E-state index is 0.0691. The van der Waals surface area contributed by atoms with Crippen molar-refractivity contribution in [1.82, 2.24) is 0 Å². The van der Waals surface area contributed by atoms with Crippen LogP contribution in [0.4, 0.5) is 0 Å². The maximum Gasteiger partial charge on any atom is 0.306 e. The number of aldehydes is 1. The van der Waals surface area contributed by atoms with Gasteiger partial charge in [0.25, 0.3) is 0 Å². The highest BCUT2D eigenvalue weighted by Crippen LogP contribution is 2.18. The summed E-state index contributed by atoms with van der Waals surface area (Å²) in [7, 11) is 0. The molecule has 0 amide bonds. The number of aliphatic carboxylic acids is 1. The zero-order valence-electron chi connectivity index (χ0n) is 8.40. The standard InChI is InChI=1S/C11H12O4/c1-8-2-3-9(7-12)10(6-8)15-5-4-11(13)14/h2-3,6-7H,4-5H2,1H3,(H,13,14). The van der Waals surface area contributed by atoms with Gasteiger partial charge in [0.05, 0.1) is 18.6 Å². The van der Waals surface area contributed by atoms with Crippen LogP contribution in [0.2, 0.25) is 0 Å². The van der Waals surface area contributed by atoms with E-state index in [9.17, 15) is 9.59 Å². The van der Waals surface area contributed by atoms with E-state index in [-0.39, 0.29) is 13.0 Å². The van der Waals surface area contributed by atoms with Gasteiger partial charge in [-0.2, -0.15) is 0 Å². The number of carboxylic acid groups (broad SMARTS) is 1. The van der Waals surface area contributed by atoms with Gasteiger partial charge in [-0.15, -0.1) is 0 Å². The van der Waals surface area contributed by atoms with E-state index in [2.05, 4.69) is 0 Å². The van der Waals surface area contributed by atoms with E-state index >= 15 is 0 Å². The molecule has 15 heavy (non-hydrogen) atoms. The predicted molar refractivity (Wildman–Crippen MR) is 54.3 cm³/mol. The number of carbonyl (C=O) groups is 2. The van der Waals surface area contributed by atoms with Crippen LogP contribution in [0.3, 0.4) is 0 Å². The Bertz CT molecular complexity index is 371. The smallest absolute Gasteiger partial charge is 0.306 e. The monoisotopic (exact) mass is 208 g/mol. The van der Waals surface area contributed by atoms with Crippen molar-refractivity contribution in [3.63, 3.8) is 0 Å². The number of carbonyl (C=O) groups excluding carboxylic acids is 1. The summed E-state index contributed by atoms with van der Waals surface area (Å²) in [6, 6.07) is 5.16. The van der Waals surface area contributed by atoms with E-state index in [4.69, 9.17) is 9.84 Å². The summed E-state index contributed by atoms with van der Waals surface area (Å²) >= 11 is 0. The molecule has 0 atom stereocenters. The van der Waals surface area contributed by atoms with Crippen LogP contribution < -0.4 is 4.74 Å². The quantitative estimate of drug-likeness (QED) is 0.747. The Morgan fingerprint density at radius 3 is 2.87 bits per heavy atom. The third-order valence-corrected chi connectivity index (χ3v) is 1.87. The number of hydrogen-bond donors (Lipinski definition) is 1. The fraction of sp³-hybridized carbons (Fsp3) is 0.273. The van der Waals surface area contributed by atoms with Crippen LogP contribution in [-0.2, 0) is 4.79 Å². The normalized spacial score (nSPS) is 9.67. The maximum absolute atomic E-state index is 10.6. The molecule has 0 aliphatic heterocycles. The van der Waals surface area contributed by atoms with Crippen LogP contribution in [0.1, 0.15) is 22.3 Å². The second-order valence-corrected chi connectivity index (χ2v) is 3.15. The Morgan fingerprint density at radius 1 is 1.53 bits per heavy atom. The molecule has 80 valence electrons. The molecular weight excluding hydrogens is 196 g/mol. The Kier molecular flexibility index (Phi) is 3.85. The van der Waals surface area contributed by atoms with Crippen LogP contribution in [-0.4, -0.2) is 24.0 Å². The third kappa shape index (κ3) is 3.42. The van der Waals surface area contributed by atoms with Gasteiger partial charge in [0.1, 0.15) is 5.75 Å². The van der Waals surface area contributed by atoms with E-state index in [0.717, 1.165) is 5.56 Å². The largest absolute Gasteiger partial charge is 0.492 e. The first-order chi connectivity index (χ1) is 7.13. The van der Waals surface area contributed by atoms with Crippen molar-refractivity contribution < 1.29 is 19.4 Å². The molecule has 0 heterocycles. The van der Waals surface area contributed by atoms with Crippen LogP contribution in [0.5, 0.6) is 5.75 Å². The molecule has 0 aromatic heterocycles. The molecule has 0 radical (unpaired) electrons. The molecule has 0 fully saturated rings. The molecule has 0 unspecified atom stereocenters. The second-order valence-electron chi connectivity index (χ2n) is 3.15. The molecule has 0 bridgehead atoms. The molecular formula is C11H12O4. The molecule has 4 heteroatoms. The highest BCUT2D eigenvalue weighted by molar-refractivity contribution is 5.79. The van der Waals surface area contributed by atoms with Gasteiger partial charge in [-0.3, -0.25) is 9.59 Å². The van der Waals surface area contributed by atoms with Gasteiger partial charge in [0.2, 0.25) is 0 Å². The lowest BCUT2D eigenvalue weighted by atomic mass is 10.1. The topological polar surface area (TPSA) is 63.6 Å². The van der Waals surface area contributed by atoms with Crippen molar-refractivity contribution in [2.75, 3.05) is 6.61 Å². The molecule has 1 aromatic rings. The summed E-state index contributed by atoms with van der Waals surface area (Å²) in [6.07, 6.45) is 0.613. The summed E-state index contributed by atoms with van der Waals surface area (Å²) < 4.78 is 5.21. The van der Waals surface area contributed by atoms with Crippen LogP contribution >= 0.6 is 0 Å². The molecule has 0 saturated carbocycles. The maximum atomic E-state index is 10.6. The Labute approximate surface area is 87.5 Å². The number of carboxylic acids is 1. The molecule has 4 nitrogen and oxygen atoms in total. The first-order valence-corrected chi connectivity index (χ1v) is 4.54. The molecule has 1 rings (SSSR count). The summed E-state index contributed by atoms with van der Waals surface area (Å²) in [5.41, 5.74) is 1.40. The van der Waals surface area contributed by atoms with E-state index in [1.165, 1.54) is 0 Å². The lowest BCUT2D eigenvalue weighted by Gasteiger charge is -2.07. The number of aryl methyl sites for hydroxylation is 1. The lowest BCUT2D eigenvalue weighted by Crippen LogP contribution is -2.06. The fourth-order valence-corrected chi connectivity index (χ4v) is 1.11. The van der Waals surface area contributed by atoms with Gasteiger partial charge in [-0.25, -0.2) is 0 Å². The second kappa shape index (κ2) is 5.14. The van der Waals surface area contributed by atoms with Gasteiger partial charge in [-0.05, 0) is 24.6 Å². The first-order valence-electron chi connectivity index (χ1n) is 4.54. The van der Waals surface area contributed by atoms with Gasteiger partial charge in [0, 0.05) is 0 Å². The average Bonchev–Trinajstić information content (AvgIpc) is 2.17. The van der Waals surface area contributed by atoms with Crippen molar-refractivity contribution in [2.45, 2.75) is 13.3 Å². The minimum atomic E-state index is -0.921. The summed E-state index contributed by atoms with van der Waals surface area (Å²) in [5, 5.41) is 8.42. The van der Waals surface area contributed by atoms with Crippen molar-refractivity contribution >= 4 is 12.3 Å². The average molecular weight is 208 g/mol. The van der Waals surface area contributed by atoms with Crippen molar-refractivity contribution in [3.05, 3.63) is 29.3 Å². The Morgan fingerprint density at radius 2 is 2.27 bits per heavy atom. The number of ether oxygens (including phenoxy) is 1. The van der Waals surface area contributed by atoms with Crippen LogP contribution in [0.15, 0.2) is 18.2 Å². The van der Waals surface area contributed by atoms with Gasteiger partial charge in [-0.1, -0.05) is 6.07 Å². The SMILES string of the molecule is Cc1ccc(C=O)c(OCCC(=O)O)c1. The fourth-order valence-electron chi connectivity index (χ4n) is 1.11. The van der Waals surface area contributed by atoms with Gasteiger partial charge < -0.3 is 9.84 Å². The van der Waals surface area contributed by atoms with Crippen LogP contribution in [0.25, 0.3) is 0 Å². The molecule has 0 aliphatic carbocycles. The Hall–Kier alpha value is -1.84. The summed E-state index contributed by atoms with van der Waals surface area (Å²) in [5.74, 6) is -0.485. The van der Waals surface area contributed by atoms with Gasteiger partial charge >= 0.3 is 5.97 Å². The highest BCUT2D eigenvalue weighted by atomic mass is 16.5. The van der Waals surface area contributed by atoms with E-state index in [1.54, 1.807) is 18.2 Å². The minimum Gasteiger partial charge on any atom is -0.492 e. The highest BCUT2D eigenvalue weighted by Gasteiger charge is 2.04. The molecule has 0 spiro atoms. The summed E-state index contributed by atoms with van der Waals surface area (Å²) in [4.78, 5) is 20.9. The number of benzene rings is 1. The van der Waals surface area contributed by atoms with E-state index in [1.807, 2.05) is 6.92 Å².